The molecule has 1 saturated heterocycles. The molecule has 1 heterocycles. The van der Waals surface area contributed by atoms with E-state index in [2.05, 4.69) is 12.2 Å². The monoisotopic (exact) mass is 270 g/mol. The summed E-state index contributed by atoms with van der Waals surface area (Å²) in [5, 5.41) is 10.8. The summed E-state index contributed by atoms with van der Waals surface area (Å²) in [6.07, 6.45) is 2.16. The molecule has 0 aromatic rings. The first-order valence-electron chi connectivity index (χ1n) is 6.72. The van der Waals surface area contributed by atoms with E-state index in [1.807, 2.05) is 6.92 Å². The molecule has 2 unspecified atom stereocenters. The number of amides is 3. The quantitative estimate of drug-likeness (QED) is 0.812. The van der Waals surface area contributed by atoms with Gasteiger partial charge in [0.05, 0.1) is 0 Å². The number of rotatable bonds is 4. The van der Waals surface area contributed by atoms with E-state index < -0.39 is 11.9 Å². The molecule has 1 aliphatic heterocycles. The number of hydrogen-bond donors (Lipinski definition) is 2. The van der Waals surface area contributed by atoms with Gasteiger partial charge in [-0.1, -0.05) is 6.92 Å². The van der Waals surface area contributed by atoms with Gasteiger partial charge in [0.1, 0.15) is 0 Å². The van der Waals surface area contributed by atoms with Crippen molar-refractivity contribution in [1.82, 2.24) is 10.2 Å². The number of hydrogen-bond acceptors (Lipinski definition) is 3. The summed E-state index contributed by atoms with van der Waals surface area (Å²) >= 11 is 0. The van der Waals surface area contributed by atoms with Gasteiger partial charge in [-0.25, -0.2) is 4.79 Å². The van der Waals surface area contributed by atoms with Gasteiger partial charge >= 0.3 is 12.0 Å². The van der Waals surface area contributed by atoms with E-state index in [1.165, 1.54) is 0 Å². The second kappa shape index (κ2) is 7.11. The highest BCUT2D eigenvalue weighted by molar-refractivity contribution is 5.94. The van der Waals surface area contributed by atoms with E-state index in [-0.39, 0.29) is 31.3 Å². The predicted octanol–water partition coefficient (Wildman–Crippen LogP) is 1.60. The van der Waals surface area contributed by atoms with Crippen LogP contribution in [0.3, 0.4) is 0 Å². The van der Waals surface area contributed by atoms with Crippen LogP contribution in [-0.2, 0) is 9.59 Å². The van der Waals surface area contributed by atoms with Gasteiger partial charge < -0.3 is 10.0 Å². The fraction of sp³-hybridized carbons (Fsp3) is 0.769. The Balaban J connectivity index is 2.33. The van der Waals surface area contributed by atoms with Crippen LogP contribution in [0.5, 0.6) is 0 Å². The van der Waals surface area contributed by atoms with Gasteiger partial charge in [0.25, 0.3) is 0 Å². The third-order valence-electron chi connectivity index (χ3n) is 3.44. The fourth-order valence-electron chi connectivity index (χ4n) is 2.36. The summed E-state index contributed by atoms with van der Waals surface area (Å²) in [7, 11) is 0. The van der Waals surface area contributed by atoms with Crippen molar-refractivity contribution in [2.75, 3.05) is 6.54 Å². The molecule has 0 spiro atoms. The Hall–Kier alpha value is -1.59. The maximum atomic E-state index is 11.9. The molecule has 19 heavy (non-hydrogen) atoms. The number of imide groups is 1. The molecule has 108 valence electrons. The van der Waals surface area contributed by atoms with E-state index in [9.17, 15) is 14.4 Å². The van der Waals surface area contributed by atoms with Crippen LogP contribution in [-0.4, -0.2) is 40.5 Å². The zero-order chi connectivity index (χ0) is 14.4. The minimum Gasteiger partial charge on any atom is -0.481 e. The number of likely N-dealkylation sites (tertiary alicyclic amines) is 1. The van der Waals surface area contributed by atoms with Crippen LogP contribution in [0.15, 0.2) is 0 Å². The summed E-state index contributed by atoms with van der Waals surface area (Å²) in [4.78, 5) is 35.4. The molecule has 0 bridgehead atoms. The Labute approximate surface area is 113 Å². The number of carbonyl (C=O) groups is 3. The van der Waals surface area contributed by atoms with Crippen LogP contribution in [0, 0.1) is 5.92 Å². The van der Waals surface area contributed by atoms with Gasteiger partial charge in [-0.2, -0.15) is 0 Å². The lowest BCUT2D eigenvalue weighted by Crippen LogP contribution is -2.50. The van der Waals surface area contributed by atoms with E-state index in [1.54, 1.807) is 4.90 Å². The zero-order valence-electron chi connectivity index (χ0n) is 11.5. The first-order valence-corrected chi connectivity index (χ1v) is 6.72. The number of aliphatic carboxylic acids is 1. The van der Waals surface area contributed by atoms with Crippen LogP contribution < -0.4 is 5.32 Å². The number of nitrogens with one attached hydrogen (secondary N) is 1. The second-order valence-electron chi connectivity index (χ2n) is 5.27. The van der Waals surface area contributed by atoms with Gasteiger partial charge in [-0.05, 0) is 32.1 Å². The number of carbonyl (C=O) groups excluding carboxylic acids is 2. The highest BCUT2D eigenvalue weighted by Crippen LogP contribution is 2.21. The number of urea groups is 1. The number of piperidine rings is 1. The maximum absolute atomic E-state index is 11.9. The largest absolute Gasteiger partial charge is 0.481 e. The molecule has 0 aromatic carbocycles. The van der Waals surface area contributed by atoms with E-state index in [0.717, 1.165) is 12.8 Å². The summed E-state index contributed by atoms with van der Waals surface area (Å²) in [5.41, 5.74) is 0. The normalized spacial score (nSPS) is 22.9. The third kappa shape index (κ3) is 5.28. The van der Waals surface area contributed by atoms with Gasteiger partial charge in [-0.15, -0.1) is 0 Å². The molecule has 1 fully saturated rings. The second-order valence-corrected chi connectivity index (χ2v) is 5.27. The van der Waals surface area contributed by atoms with Crippen molar-refractivity contribution in [3.63, 3.8) is 0 Å². The molecule has 1 rings (SSSR count). The van der Waals surface area contributed by atoms with E-state index >= 15 is 0 Å². The minimum atomic E-state index is -0.933. The molecule has 0 radical (unpaired) electrons. The van der Waals surface area contributed by atoms with Crippen molar-refractivity contribution in [1.29, 1.82) is 0 Å². The molecule has 0 aliphatic carbocycles. The van der Waals surface area contributed by atoms with Gasteiger partial charge in [-0.3, -0.25) is 14.9 Å². The molecular weight excluding hydrogens is 248 g/mol. The Kier molecular flexibility index (Phi) is 5.79. The van der Waals surface area contributed by atoms with Gasteiger partial charge in [0, 0.05) is 25.4 Å². The lowest BCUT2D eigenvalue weighted by Gasteiger charge is -2.36. The van der Waals surface area contributed by atoms with Crippen molar-refractivity contribution in [2.24, 2.45) is 5.92 Å². The Bertz CT molecular complexity index is 357. The fourth-order valence-corrected chi connectivity index (χ4v) is 2.36. The van der Waals surface area contributed by atoms with Crippen LogP contribution in [0.1, 0.15) is 46.0 Å². The number of carboxylic acids is 1. The molecule has 1 aliphatic rings. The van der Waals surface area contributed by atoms with Crippen LogP contribution in [0.25, 0.3) is 0 Å². The average molecular weight is 270 g/mol. The van der Waals surface area contributed by atoms with E-state index in [4.69, 9.17) is 5.11 Å². The number of nitrogens with zero attached hydrogens (tertiary/aromatic N) is 1. The van der Waals surface area contributed by atoms with Crippen LogP contribution >= 0.6 is 0 Å². The first-order chi connectivity index (χ1) is 8.90. The highest BCUT2D eigenvalue weighted by atomic mass is 16.4. The summed E-state index contributed by atoms with van der Waals surface area (Å²) < 4.78 is 0. The molecule has 3 amide bonds. The third-order valence-corrected chi connectivity index (χ3v) is 3.44. The zero-order valence-corrected chi connectivity index (χ0v) is 11.5. The standard InChI is InChI=1S/C13H22N2O4/c1-9-6-7-15(10(2)8-9)13(19)14-11(16)4-3-5-12(17)18/h9-10H,3-8H2,1-2H3,(H,17,18)(H,14,16,19). The lowest BCUT2D eigenvalue weighted by molar-refractivity contribution is -0.137. The van der Waals surface area contributed by atoms with Crippen molar-refractivity contribution >= 4 is 17.9 Å². The summed E-state index contributed by atoms with van der Waals surface area (Å²) in [6.45, 7) is 4.80. The van der Waals surface area contributed by atoms with Crippen molar-refractivity contribution in [3.05, 3.63) is 0 Å². The maximum Gasteiger partial charge on any atom is 0.324 e. The molecular formula is C13H22N2O4. The van der Waals surface area contributed by atoms with E-state index in [0.29, 0.717) is 12.5 Å². The minimum absolute atomic E-state index is 0.0563. The highest BCUT2D eigenvalue weighted by Gasteiger charge is 2.27. The molecule has 6 heteroatoms. The summed E-state index contributed by atoms with van der Waals surface area (Å²) in [5.74, 6) is -0.736. The molecule has 2 atom stereocenters. The molecule has 0 aromatic heterocycles. The molecule has 0 saturated carbocycles. The molecule has 6 nitrogen and oxygen atoms in total. The summed E-state index contributed by atoms with van der Waals surface area (Å²) in [6, 6.07) is -0.227. The smallest absolute Gasteiger partial charge is 0.324 e. The van der Waals surface area contributed by atoms with Crippen molar-refractivity contribution < 1.29 is 19.5 Å². The van der Waals surface area contributed by atoms with Crippen LogP contribution in [0.4, 0.5) is 4.79 Å². The number of carboxylic acid groups (broad SMARTS) is 1. The first kappa shape index (κ1) is 15.5. The topological polar surface area (TPSA) is 86.7 Å². The van der Waals surface area contributed by atoms with Gasteiger partial charge in [0.15, 0.2) is 0 Å². The average Bonchev–Trinajstić information content (AvgIpc) is 2.27. The Morgan fingerprint density at radius 1 is 1.26 bits per heavy atom. The van der Waals surface area contributed by atoms with Crippen molar-refractivity contribution in [3.8, 4) is 0 Å². The Morgan fingerprint density at radius 2 is 1.95 bits per heavy atom. The van der Waals surface area contributed by atoms with Crippen molar-refractivity contribution in [2.45, 2.75) is 52.0 Å². The van der Waals surface area contributed by atoms with Gasteiger partial charge in [0.2, 0.25) is 5.91 Å². The predicted molar refractivity (Wildman–Crippen MR) is 69.6 cm³/mol. The lowest BCUT2D eigenvalue weighted by atomic mass is 9.94. The molecule has 2 N–H and O–H groups in total. The SMILES string of the molecule is CC1CCN(C(=O)NC(=O)CCCC(=O)O)C(C)C1. The Morgan fingerprint density at radius 3 is 2.53 bits per heavy atom. The van der Waals surface area contributed by atoms with Crippen LogP contribution in [0.2, 0.25) is 0 Å².